The van der Waals surface area contributed by atoms with Crippen LogP contribution in [0.4, 0.5) is 0 Å². The van der Waals surface area contributed by atoms with Crippen LogP contribution < -0.4 is 0 Å². The van der Waals surface area contributed by atoms with Crippen LogP contribution in [-0.4, -0.2) is 31.3 Å². The molecule has 1 aromatic carbocycles. The van der Waals surface area contributed by atoms with Gasteiger partial charge in [0.1, 0.15) is 5.41 Å². The van der Waals surface area contributed by atoms with Crippen molar-refractivity contribution in [3.8, 4) is 0 Å². The van der Waals surface area contributed by atoms with E-state index in [-0.39, 0.29) is 22.6 Å². The highest BCUT2D eigenvalue weighted by Gasteiger charge is 2.68. The fourth-order valence-corrected chi connectivity index (χ4v) is 3.55. The molecular weight excluding hydrogens is 288 g/mol. The first-order chi connectivity index (χ1) is 10.5. The van der Waals surface area contributed by atoms with Crippen LogP contribution >= 0.6 is 0 Å². The molecule has 1 saturated carbocycles. The first-order valence-corrected chi connectivity index (χ1v) is 6.74. The fourth-order valence-electron chi connectivity index (χ4n) is 3.55. The van der Waals surface area contributed by atoms with Gasteiger partial charge in [-0.1, -0.05) is 12.1 Å². The topological polar surface area (TPSA) is 86.7 Å². The van der Waals surface area contributed by atoms with Crippen molar-refractivity contribution in [3.05, 3.63) is 40.5 Å². The maximum Gasteiger partial charge on any atom is 0.346 e. The molecule has 1 spiro atoms. The second kappa shape index (κ2) is 3.91. The number of hydrogen-bond acceptors (Lipinski definition) is 6. The summed E-state index contributed by atoms with van der Waals surface area (Å²) < 4.78 is 9.60. The SMILES string of the molecule is COC(=O)C1=CC2CC23C(=O)OC(=O)c2ccc(C=O)c1c23. The first kappa shape index (κ1) is 12.9. The molecule has 6 nitrogen and oxygen atoms in total. The third-order valence-corrected chi connectivity index (χ3v) is 4.64. The lowest BCUT2D eigenvalue weighted by Crippen LogP contribution is -2.38. The van der Waals surface area contributed by atoms with Crippen LogP contribution in [0.25, 0.3) is 5.57 Å². The van der Waals surface area contributed by atoms with Crippen molar-refractivity contribution in [1.29, 1.82) is 0 Å². The van der Waals surface area contributed by atoms with E-state index in [9.17, 15) is 19.2 Å². The van der Waals surface area contributed by atoms with Gasteiger partial charge in [-0.15, -0.1) is 0 Å². The van der Waals surface area contributed by atoms with Gasteiger partial charge in [0.05, 0.1) is 18.2 Å². The quantitative estimate of drug-likeness (QED) is 0.460. The van der Waals surface area contributed by atoms with Crippen LogP contribution in [0, 0.1) is 5.92 Å². The lowest BCUT2D eigenvalue weighted by molar-refractivity contribution is -0.142. The highest BCUT2D eigenvalue weighted by Crippen LogP contribution is 2.63. The van der Waals surface area contributed by atoms with Gasteiger partial charge < -0.3 is 9.47 Å². The van der Waals surface area contributed by atoms with Gasteiger partial charge in [0.15, 0.2) is 6.29 Å². The molecule has 6 heteroatoms. The van der Waals surface area contributed by atoms with E-state index in [1.165, 1.54) is 19.2 Å². The maximum atomic E-state index is 12.2. The number of benzene rings is 1. The zero-order valence-corrected chi connectivity index (χ0v) is 11.5. The average Bonchev–Trinajstić information content (AvgIpc) is 3.26. The van der Waals surface area contributed by atoms with E-state index in [2.05, 4.69) is 0 Å². The molecule has 1 aliphatic heterocycles. The number of rotatable bonds is 2. The van der Waals surface area contributed by atoms with E-state index < -0.39 is 23.3 Å². The minimum absolute atomic E-state index is 0.213. The molecule has 0 bridgehead atoms. The van der Waals surface area contributed by atoms with Gasteiger partial charge in [0, 0.05) is 11.1 Å². The molecule has 0 aromatic heterocycles. The van der Waals surface area contributed by atoms with Crippen molar-refractivity contribution in [2.45, 2.75) is 11.8 Å². The summed E-state index contributed by atoms with van der Waals surface area (Å²) in [5, 5.41) is 0. The van der Waals surface area contributed by atoms with Gasteiger partial charge in [0.25, 0.3) is 0 Å². The summed E-state index contributed by atoms with van der Waals surface area (Å²) in [6.07, 6.45) is 2.71. The van der Waals surface area contributed by atoms with Crippen molar-refractivity contribution in [1.82, 2.24) is 0 Å². The molecule has 1 heterocycles. The minimum atomic E-state index is -0.935. The van der Waals surface area contributed by atoms with Gasteiger partial charge in [-0.3, -0.25) is 9.59 Å². The third kappa shape index (κ3) is 1.30. The van der Waals surface area contributed by atoms with Crippen LogP contribution in [0.1, 0.15) is 38.3 Å². The number of ether oxygens (including phenoxy) is 2. The molecule has 0 radical (unpaired) electrons. The van der Waals surface area contributed by atoms with E-state index in [4.69, 9.17) is 9.47 Å². The van der Waals surface area contributed by atoms with Crippen LogP contribution in [0.2, 0.25) is 0 Å². The Morgan fingerprint density at radius 1 is 1.41 bits per heavy atom. The molecule has 0 saturated heterocycles. The van der Waals surface area contributed by atoms with E-state index in [1.54, 1.807) is 6.08 Å². The summed E-state index contributed by atoms with van der Waals surface area (Å²) in [4.78, 5) is 47.6. The van der Waals surface area contributed by atoms with E-state index >= 15 is 0 Å². The lowest BCUT2D eigenvalue weighted by Gasteiger charge is -2.30. The second-order valence-corrected chi connectivity index (χ2v) is 5.60. The second-order valence-electron chi connectivity index (χ2n) is 5.60. The number of carbonyl (C=O) groups excluding carboxylic acids is 4. The highest BCUT2D eigenvalue weighted by molar-refractivity contribution is 6.23. The zero-order chi connectivity index (χ0) is 15.6. The Kier molecular flexibility index (Phi) is 2.30. The van der Waals surface area contributed by atoms with Crippen molar-refractivity contribution < 1.29 is 28.7 Å². The molecule has 2 aliphatic carbocycles. The monoisotopic (exact) mass is 298 g/mol. The third-order valence-electron chi connectivity index (χ3n) is 4.64. The maximum absolute atomic E-state index is 12.2. The number of aldehydes is 1. The number of cyclic esters (lactones) is 2. The summed E-state index contributed by atoms with van der Waals surface area (Å²) in [5.41, 5.74) is 0.529. The fraction of sp³-hybridized carbons (Fsp3) is 0.250. The molecular formula is C16H10O6. The summed E-state index contributed by atoms with van der Waals surface area (Å²) in [5.74, 6) is -2.17. The summed E-state index contributed by atoms with van der Waals surface area (Å²) in [7, 11) is 1.24. The van der Waals surface area contributed by atoms with Gasteiger partial charge in [-0.25, -0.2) is 9.59 Å². The summed E-state index contributed by atoms with van der Waals surface area (Å²) in [6, 6.07) is 2.92. The summed E-state index contributed by atoms with van der Waals surface area (Å²) >= 11 is 0. The minimum Gasteiger partial charge on any atom is -0.465 e. The van der Waals surface area contributed by atoms with E-state index in [0.29, 0.717) is 23.8 Å². The van der Waals surface area contributed by atoms with Crippen molar-refractivity contribution >= 4 is 29.8 Å². The van der Waals surface area contributed by atoms with Gasteiger partial charge in [0.2, 0.25) is 0 Å². The molecule has 22 heavy (non-hydrogen) atoms. The first-order valence-electron chi connectivity index (χ1n) is 6.74. The van der Waals surface area contributed by atoms with Crippen LogP contribution in [0.5, 0.6) is 0 Å². The van der Waals surface area contributed by atoms with Crippen molar-refractivity contribution in [2.24, 2.45) is 5.92 Å². The number of methoxy groups -OCH3 is 1. The Morgan fingerprint density at radius 2 is 2.18 bits per heavy atom. The Bertz CT molecular complexity index is 818. The Hall–Kier alpha value is -2.76. The Morgan fingerprint density at radius 3 is 2.86 bits per heavy atom. The molecule has 110 valence electrons. The average molecular weight is 298 g/mol. The van der Waals surface area contributed by atoms with Crippen LogP contribution in [-0.2, 0) is 24.5 Å². The Labute approximate surface area is 124 Å². The Balaban J connectivity index is 2.10. The molecule has 3 aliphatic rings. The molecule has 2 atom stereocenters. The highest BCUT2D eigenvalue weighted by atomic mass is 16.6. The molecule has 4 rings (SSSR count). The van der Waals surface area contributed by atoms with E-state index in [0.717, 1.165) is 0 Å². The molecule has 0 N–H and O–H groups in total. The number of allylic oxidation sites excluding steroid dienone is 1. The van der Waals surface area contributed by atoms with Gasteiger partial charge in [-0.2, -0.15) is 0 Å². The number of esters is 3. The summed E-state index contributed by atoms with van der Waals surface area (Å²) in [6.45, 7) is 0. The number of hydrogen-bond donors (Lipinski definition) is 0. The van der Waals surface area contributed by atoms with Gasteiger partial charge in [-0.05, 0) is 24.0 Å². The standard InChI is InChI=1S/C16H10O6/c1-21-13(18)10-4-8-5-16(8)12-9(14(19)22-15(16)20)3-2-7(6-17)11(10)12/h2-4,6,8H,5H2,1H3. The zero-order valence-electron chi connectivity index (χ0n) is 11.5. The van der Waals surface area contributed by atoms with Crippen molar-refractivity contribution in [2.75, 3.05) is 7.11 Å². The molecule has 1 aromatic rings. The molecule has 2 unspecified atom stereocenters. The van der Waals surface area contributed by atoms with Crippen LogP contribution in [0.15, 0.2) is 18.2 Å². The van der Waals surface area contributed by atoms with E-state index in [1.807, 2.05) is 0 Å². The molecule has 1 fully saturated rings. The predicted octanol–water partition coefficient (Wildman–Crippen LogP) is 1.02. The van der Waals surface area contributed by atoms with Crippen LogP contribution in [0.3, 0.4) is 0 Å². The molecule has 0 amide bonds. The lowest BCUT2D eigenvalue weighted by atomic mass is 9.76. The normalized spacial score (nSPS) is 27.1. The predicted molar refractivity (Wildman–Crippen MR) is 72.0 cm³/mol. The van der Waals surface area contributed by atoms with Gasteiger partial charge >= 0.3 is 17.9 Å². The largest absolute Gasteiger partial charge is 0.465 e. The van der Waals surface area contributed by atoms with Crippen molar-refractivity contribution in [3.63, 3.8) is 0 Å². The number of carbonyl (C=O) groups is 4. The smallest absolute Gasteiger partial charge is 0.346 e.